The van der Waals surface area contributed by atoms with Crippen LogP contribution in [0.4, 0.5) is 37.1 Å². The third-order valence-corrected chi connectivity index (χ3v) is 5.04. The number of anilines is 1. The van der Waals surface area contributed by atoms with E-state index in [4.69, 9.17) is 4.74 Å². The van der Waals surface area contributed by atoms with Crippen LogP contribution in [0.1, 0.15) is 29.5 Å². The maximum absolute atomic E-state index is 12.9. The molecule has 1 fully saturated rings. The number of rotatable bonds is 4. The minimum absolute atomic E-state index is 0.100. The van der Waals surface area contributed by atoms with Gasteiger partial charge in [-0.3, -0.25) is 4.79 Å². The molecule has 14 heteroatoms. The third-order valence-electron chi connectivity index (χ3n) is 5.04. The monoisotopic (exact) mass is 479 g/mol. The summed E-state index contributed by atoms with van der Waals surface area (Å²) < 4.78 is 81.7. The van der Waals surface area contributed by atoms with Crippen molar-refractivity contribution in [2.24, 2.45) is 0 Å². The van der Waals surface area contributed by atoms with E-state index in [0.717, 1.165) is 12.3 Å². The van der Waals surface area contributed by atoms with Crippen molar-refractivity contribution in [3.05, 3.63) is 51.7 Å². The van der Waals surface area contributed by atoms with Crippen LogP contribution in [0.25, 0.3) is 0 Å². The van der Waals surface area contributed by atoms with Crippen molar-refractivity contribution in [2.75, 3.05) is 37.7 Å². The first-order valence-corrected chi connectivity index (χ1v) is 9.72. The molecule has 2 aromatic rings. The summed E-state index contributed by atoms with van der Waals surface area (Å²) in [4.78, 5) is 36.1. The molecule has 0 aromatic carbocycles. The lowest BCUT2D eigenvalue weighted by Gasteiger charge is -2.34. The van der Waals surface area contributed by atoms with E-state index in [-0.39, 0.29) is 44.3 Å². The molecule has 1 saturated heterocycles. The highest BCUT2D eigenvalue weighted by Crippen LogP contribution is 2.29. The Morgan fingerprint density at radius 3 is 2.24 bits per heavy atom. The summed E-state index contributed by atoms with van der Waals surface area (Å²) in [5.74, 6) is -0.517. The number of aromatic nitrogens is 3. The first-order chi connectivity index (χ1) is 15.4. The van der Waals surface area contributed by atoms with Crippen LogP contribution in [0.5, 0.6) is 0 Å². The Balaban J connectivity index is 1.52. The summed E-state index contributed by atoms with van der Waals surface area (Å²) in [7, 11) is 0. The molecule has 8 nitrogen and oxygen atoms in total. The molecule has 1 N–H and O–H groups in total. The lowest BCUT2D eigenvalue weighted by atomic mass is 10.0. The van der Waals surface area contributed by atoms with Crippen LogP contribution in [0.15, 0.2) is 29.5 Å². The normalized spacial score (nSPS) is 16.0. The number of alkyl halides is 6. The van der Waals surface area contributed by atoms with Gasteiger partial charge in [0.25, 0.3) is 5.56 Å². The quantitative estimate of drug-likeness (QED) is 0.677. The molecule has 0 bridgehead atoms. The lowest BCUT2D eigenvalue weighted by Crippen LogP contribution is -2.49. The number of piperazine rings is 1. The van der Waals surface area contributed by atoms with Gasteiger partial charge in [0.05, 0.1) is 12.2 Å². The van der Waals surface area contributed by atoms with E-state index in [1.807, 2.05) is 4.98 Å². The average molecular weight is 479 g/mol. The second-order valence-electron chi connectivity index (χ2n) is 7.40. The molecule has 180 valence electrons. The zero-order valence-electron chi connectivity index (χ0n) is 17.2. The Hall–Kier alpha value is -3.32. The van der Waals surface area contributed by atoms with E-state index in [1.165, 1.54) is 4.90 Å². The molecule has 1 amide bonds. The summed E-state index contributed by atoms with van der Waals surface area (Å²) in [6, 6.07) is 0.722. The maximum atomic E-state index is 12.9. The van der Waals surface area contributed by atoms with Gasteiger partial charge in [0.15, 0.2) is 0 Å². The van der Waals surface area contributed by atoms with Gasteiger partial charge in [0.2, 0.25) is 5.95 Å². The molecule has 3 rings (SSSR count). The minimum Gasteiger partial charge on any atom is -0.449 e. The van der Waals surface area contributed by atoms with E-state index in [2.05, 4.69) is 9.97 Å². The predicted octanol–water partition coefficient (Wildman–Crippen LogP) is 3.26. The Morgan fingerprint density at radius 2 is 1.70 bits per heavy atom. The van der Waals surface area contributed by atoms with E-state index in [1.54, 1.807) is 11.8 Å². The Labute approximate surface area is 183 Å². The number of halogens is 6. The highest BCUT2D eigenvalue weighted by Gasteiger charge is 2.35. The van der Waals surface area contributed by atoms with Gasteiger partial charge < -0.3 is 19.5 Å². The number of hydrogen-bond donors (Lipinski definition) is 1. The molecule has 2 aromatic heterocycles. The molecule has 0 spiro atoms. The van der Waals surface area contributed by atoms with Crippen molar-refractivity contribution in [1.82, 2.24) is 19.9 Å². The van der Waals surface area contributed by atoms with Gasteiger partial charge >= 0.3 is 18.4 Å². The van der Waals surface area contributed by atoms with Crippen LogP contribution in [-0.4, -0.2) is 58.7 Å². The summed E-state index contributed by atoms with van der Waals surface area (Å²) in [6.45, 7) is 2.21. The zero-order chi connectivity index (χ0) is 24.4. The number of carbonyl (C=O) groups excluding carboxylic acids is 1. The van der Waals surface area contributed by atoms with Crippen LogP contribution in [-0.2, 0) is 17.1 Å². The van der Waals surface area contributed by atoms with E-state index in [0.29, 0.717) is 12.4 Å². The van der Waals surface area contributed by atoms with Gasteiger partial charge in [-0.2, -0.15) is 26.3 Å². The van der Waals surface area contributed by atoms with Gasteiger partial charge in [-0.25, -0.2) is 14.8 Å². The van der Waals surface area contributed by atoms with Crippen LogP contribution in [0.3, 0.4) is 0 Å². The summed E-state index contributed by atoms with van der Waals surface area (Å²) in [6.07, 6.45) is -7.52. The molecular weight excluding hydrogens is 460 g/mol. The smallest absolute Gasteiger partial charge is 0.421 e. The number of H-pyrrole nitrogens is 1. The number of nitrogens with zero attached hydrogens (tertiary/aromatic N) is 4. The molecule has 33 heavy (non-hydrogen) atoms. The first kappa shape index (κ1) is 24.3. The second kappa shape index (κ2) is 9.27. The zero-order valence-corrected chi connectivity index (χ0v) is 17.2. The van der Waals surface area contributed by atoms with Crippen molar-refractivity contribution in [2.45, 2.75) is 25.2 Å². The van der Waals surface area contributed by atoms with E-state index >= 15 is 0 Å². The summed E-state index contributed by atoms with van der Waals surface area (Å²) in [5, 5.41) is 0. The van der Waals surface area contributed by atoms with Crippen LogP contribution < -0.4 is 10.5 Å². The van der Waals surface area contributed by atoms with Crippen molar-refractivity contribution in [3.8, 4) is 0 Å². The molecule has 0 radical (unpaired) electrons. The molecule has 0 saturated carbocycles. The fraction of sp³-hybridized carbons (Fsp3) is 0.474. The maximum Gasteiger partial charge on any atom is 0.421 e. The number of nitrogens with one attached hydrogen (secondary N) is 1. The third kappa shape index (κ3) is 5.93. The van der Waals surface area contributed by atoms with E-state index < -0.39 is 41.0 Å². The number of amides is 1. The van der Waals surface area contributed by atoms with Crippen LogP contribution in [0.2, 0.25) is 0 Å². The minimum atomic E-state index is -4.81. The number of pyridine rings is 1. The van der Waals surface area contributed by atoms with Gasteiger partial charge in [0, 0.05) is 50.7 Å². The second-order valence-corrected chi connectivity index (χ2v) is 7.40. The van der Waals surface area contributed by atoms with Gasteiger partial charge in [-0.15, -0.1) is 0 Å². The van der Waals surface area contributed by atoms with Crippen molar-refractivity contribution < 1.29 is 35.9 Å². The predicted molar refractivity (Wildman–Crippen MR) is 103 cm³/mol. The van der Waals surface area contributed by atoms with Gasteiger partial charge in [-0.1, -0.05) is 6.92 Å². The average Bonchev–Trinajstić information content (AvgIpc) is 2.76. The molecule has 3 heterocycles. The summed E-state index contributed by atoms with van der Waals surface area (Å²) in [5.41, 5.74) is -3.41. The lowest BCUT2D eigenvalue weighted by molar-refractivity contribution is -0.139. The van der Waals surface area contributed by atoms with Crippen molar-refractivity contribution in [1.29, 1.82) is 0 Å². The topological polar surface area (TPSA) is 91.4 Å². The molecule has 0 aliphatic carbocycles. The Bertz CT molecular complexity index is 1030. The number of carbonyl (C=O) groups is 1. The fourth-order valence-corrected chi connectivity index (χ4v) is 3.10. The number of ether oxygens (including phenoxy) is 1. The van der Waals surface area contributed by atoms with Crippen molar-refractivity contribution >= 4 is 12.0 Å². The highest BCUT2D eigenvalue weighted by atomic mass is 19.4. The largest absolute Gasteiger partial charge is 0.449 e. The van der Waals surface area contributed by atoms with Crippen LogP contribution in [0, 0.1) is 0 Å². The number of aromatic amines is 1. The molecule has 1 aliphatic rings. The van der Waals surface area contributed by atoms with Crippen LogP contribution >= 0.6 is 0 Å². The molecular formula is C19H19F6N5O3. The highest BCUT2D eigenvalue weighted by molar-refractivity contribution is 5.68. The Kier molecular flexibility index (Phi) is 6.84. The summed E-state index contributed by atoms with van der Waals surface area (Å²) >= 11 is 0. The fourth-order valence-electron chi connectivity index (χ4n) is 3.10. The van der Waals surface area contributed by atoms with Gasteiger partial charge in [0.1, 0.15) is 5.56 Å². The van der Waals surface area contributed by atoms with E-state index in [9.17, 15) is 35.9 Å². The first-order valence-electron chi connectivity index (χ1n) is 9.72. The Morgan fingerprint density at radius 1 is 1.09 bits per heavy atom. The molecule has 0 unspecified atom stereocenters. The standard InChI is InChI=1S/C19H19F6N5O3/c1-11(12-6-14(19(23,24)25)15(31)26-7-12)10-33-17(32)30-4-2-29(3-5-30)16-27-8-13(9-28-16)18(20,21)22/h6-9,11H,2-5,10H2,1H3,(H,26,31)/t11-/m0/s1. The number of hydrogen-bond acceptors (Lipinski definition) is 6. The SMILES string of the molecule is C[C@@H](COC(=O)N1CCN(c2ncc(C(F)(F)F)cn2)CC1)c1c[nH]c(=O)c(C(F)(F)F)c1. The molecule has 1 atom stereocenters. The molecule has 1 aliphatic heterocycles. The van der Waals surface area contributed by atoms with Gasteiger partial charge in [-0.05, 0) is 11.6 Å². The van der Waals surface area contributed by atoms with Crippen molar-refractivity contribution in [3.63, 3.8) is 0 Å².